The Balaban J connectivity index is 1.53. The molecule has 1 aliphatic rings. The SMILES string of the molecule is [C-]#[N+]/C=C/c1cc(C)c(Nc2cc(NCCCN3CCOCC3)nc(Nc3ccc(C#N)cc3)n2)c(C)c1. The highest BCUT2D eigenvalue weighted by molar-refractivity contribution is 5.70. The molecule has 0 atom stereocenters. The Hall–Kier alpha value is -4.44. The molecule has 0 radical (unpaired) electrons. The molecule has 4 rings (SSSR count). The lowest BCUT2D eigenvalue weighted by molar-refractivity contribution is 0.0378. The van der Waals surface area contributed by atoms with Gasteiger partial charge >= 0.3 is 0 Å². The number of anilines is 5. The predicted molar refractivity (Wildman–Crippen MR) is 152 cm³/mol. The lowest BCUT2D eigenvalue weighted by Crippen LogP contribution is -2.37. The number of benzene rings is 2. The molecule has 2 heterocycles. The van der Waals surface area contributed by atoms with E-state index in [0.29, 0.717) is 23.1 Å². The van der Waals surface area contributed by atoms with Crippen molar-refractivity contribution in [2.45, 2.75) is 20.3 Å². The average molecular weight is 509 g/mol. The molecule has 2 aromatic carbocycles. The Morgan fingerprint density at radius 2 is 1.76 bits per heavy atom. The number of nitrogens with zero attached hydrogens (tertiary/aromatic N) is 5. The second-order valence-corrected chi connectivity index (χ2v) is 9.11. The minimum atomic E-state index is 0.447. The maximum absolute atomic E-state index is 9.08. The first-order valence-electron chi connectivity index (χ1n) is 12.7. The van der Waals surface area contributed by atoms with Gasteiger partial charge in [0.15, 0.2) is 6.20 Å². The van der Waals surface area contributed by atoms with E-state index < -0.39 is 0 Å². The summed E-state index contributed by atoms with van der Waals surface area (Å²) in [6.45, 7) is 16.4. The van der Waals surface area contributed by atoms with Crippen LogP contribution >= 0.6 is 0 Å². The Kier molecular flexibility index (Phi) is 9.25. The van der Waals surface area contributed by atoms with Gasteiger partial charge < -0.3 is 20.7 Å². The van der Waals surface area contributed by atoms with Crippen LogP contribution in [0.5, 0.6) is 0 Å². The maximum atomic E-state index is 9.08. The van der Waals surface area contributed by atoms with Crippen LogP contribution < -0.4 is 16.0 Å². The van der Waals surface area contributed by atoms with Gasteiger partial charge in [0, 0.05) is 37.1 Å². The third-order valence-corrected chi connectivity index (χ3v) is 6.21. The zero-order valence-corrected chi connectivity index (χ0v) is 21.8. The number of aryl methyl sites for hydroxylation is 2. The van der Waals surface area contributed by atoms with E-state index in [2.05, 4.69) is 36.7 Å². The fourth-order valence-corrected chi connectivity index (χ4v) is 4.30. The Labute approximate surface area is 224 Å². The molecular formula is C29H32N8O. The Morgan fingerprint density at radius 3 is 2.45 bits per heavy atom. The number of hydrogen-bond acceptors (Lipinski definition) is 8. The number of hydrogen-bond donors (Lipinski definition) is 3. The first-order chi connectivity index (χ1) is 18.5. The highest BCUT2D eigenvalue weighted by atomic mass is 16.5. The van der Waals surface area contributed by atoms with E-state index in [1.165, 1.54) is 6.20 Å². The van der Waals surface area contributed by atoms with Crippen molar-refractivity contribution >= 4 is 35.0 Å². The van der Waals surface area contributed by atoms with Crippen LogP contribution in [0.2, 0.25) is 0 Å². The van der Waals surface area contributed by atoms with Crippen molar-refractivity contribution in [1.82, 2.24) is 14.9 Å². The summed E-state index contributed by atoms with van der Waals surface area (Å²) in [6.07, 6.45) is 4.26. The maximum Gasteiger partial charge on any atom is 0.231 e. The fourth-order valence-electron chi connectivity index (χ4n) is 4.30. The lowest BCUT2D eigenvalue weighted by Gasteiger charge is -2.26. The van der Waals surface area contributed by atoms with Crippen LogP contribution in [0.3, 0.4) is 0 Å². The highest BCUT2D eigenvalue weighted by Crippen LogP contribution is 2.28. The van der Waals surface area contributed by atoms with Gasteiger partial charge in [0.1, 0.15) is 11.6 Å². The highest BCUT2D eigenvalue weighted by Gasteiger charge is 2.12. The molecular weight excluding hydrogens is 476 g/mol. The first kappa shape index (κ1) is 26.6. The third kappa shape index (κ3) is 7.53. The summed E-state index contributed by atoms with van der Waals surface area (Å²) in [6, 6.07) is 15.3. The predicted octanol–water partition coefficient (Wildman–Crippen LogP) is 5.48. The molecule has 0 saturated carbocycles. The van der Waals surface area contributed by atoms with Crippen molar-refractivity contribution in [1.29, 1.82) is 5.26 Å². The zero-order valence-electron chi connectivity index (χ0n) is 21.8. The van der Waals surface area contributed by atoms with Gasteiger partial charge in [-0.3, -0.25) is 4.90 Å². The van der Waals surface area contributed by atoms with Crippen molar-refractivity contribution in [3.05, 3.63) is 82.3 Å². The van der Waals surface area contributed by atoms with Crippen molar-refractivity contribution in [2.24, 2.45) is 0 Å². The fraction of sp³-hybridized carbons (Fsp3) is 0.310. The van der Waals surface area contributed by atoms with Gasteiger partial charge in [-0.05, 0) is 67.8 Å². The van der Waals surface area contributed by atoms with Gasteiger partial charge in [0.25, 0.3) is 0 Å². The molecule has 3 N–H and O–H groups in total. The number of nitriles is 1. The van der Waals surface area contributed by atoms with Gasteiger partial charge in [0.2, 0.25) is 5.95 Å². The molecule has 0 bridgehead atoms. The average Bonchev–Trinajstić information content (AvgIpc) is 2.93. The summed E-state index contributed by atoms with van der Waals surface area (Å²) in [4.78, 5) is 15.1. The smallest absolute Gasteiger partial charge is 0.231 e. The molecule has 0 spiro atoms. The topological polar surface area (TPSA) is 102 Å². The summed E-state index contributed by atoms with van der Waals surface area (Å²) in [5.41, 5.74) is 5.43. The van der Waals surface area contributed by atoms with E-state index in [-0.39, 0.29) is 0 Å². The van der Waals surface area contributed by atoms with E-state index >= 15 is 0 Å². The molecule has 194 valence electrons. The van der Waals surface area contributed by atoms with Gasteiger partial charge in [-0.1, -0.05) is 18.2 Å². The van der Waals surface area contributed by atoms with Crippen LogP contribution in [0.15, 0.2) is 48.7 Å². The van der Waals surface area contributed by atoms with E-state index in [0.717, 1.165) is 73.9 Å². The van der Waals surface area contributed by atoms with Crippen LogP contribution in [0.4, 0.5) is 29.0 Å². The molecule has 0 amide bonds. The summed E-state index contributed by atoms with van der Waals surface area (Å²) < 4.78 is 5.43. The number of rotatable bonds is 10. The molecule has 9 heteroatoms. The Bertz CT molecular complexity index is 1330. The molecule has 3 aromatic rings. The monoisotopic (exact) mass is 508 g/mol. The quantitative estimate of drug-likeness (QED) is 0.245. The van der Waals surface area contributed by atoms with E-state index in [1.54, 1.807) is 18.2 Å². The van der Waals surface area contributed by atoms with E-state index in [9.17, 15) is 0 Å². The molecule has 1 saturated heterocycles. The Morgan fingerprint density at radius 1 is 1.05 bits per heavy atom. The van der Waals surface area contributed by atoms with Crippen molar-refractivity contribution < 1.29 is 4.74 Å². The minimum Gasteiger partial charge on any atom is -0.379 e. The third-order valence-electron chi connectivity index (χ3n) is 6.21. The van der Waals surface area contributed by atoms with Gasteiger partial charge in [0.05, 0.1) is 31.4 Å². The second-order valence-electron chi connectivity index (χ2n) is 9.11. The first-order valence-corrected chi connectivity index (χ1v) is 12.7. The van der Waals surface area contributed by atoms with Gasteiger partial charge in [-0.15, -0.1) is 0 Å². The van der Waals surface area contributed by atoms with Crippen LogP contribution in [0, 0.1) is 31.8 Å². The van der Waals surface area contributed by atoms with E-state index in [1.807, 2.05) is 44.2 Å². The number of nitrogens with one attached hydrogen (secondary N) is 3. The van der Waals surface area contributed by atoms with Crippen molar-refractivity contribution in [3.63, 3.8) is 0 Å². The molecule has 0 aliphatic carbocycles. The standard InChI is InChI=1S/C29H32N8O/c1-21-17-24(9-11-31-3)18-22(2)28(21)34-27-19-26(32-10-4-12-37-13-15-38-16-14-37)35-29(36-27)33-25-7-5-23(20-30)6-8-25/h5-9,11,17-19H,4,10,12-16H2,1-2H3,(H3,32,33,34,35,36)/b11-9+. The molecule has 1 fully saturated rings. The molecule has 38 heavy (non-hydrogen) atoms. The summed E-state index contributed by atoms with van der Waals surface area (Å²) >= 11 is 0. The molecule has 1 aliphatic heterocycles. The summed E-state index contributed by atoms with van der Waals surface area (Å²) in [7, 11) is 0. The van der Waals surface area contributed by atoms with Gasteiger partial charge in [-0.25, -0.2) is 4.85 Å². The summed E-state index contributed by atoms with van der Waals surface area (Å²) in [5.74, 6) is 1.82. The van der Waals surface area contributed by atoms with Gasteiger partial charge in [-0.2, -0.15) is 15.2 Å². The minimum absolute atomic E-state index is 0.447. The van der Waals surface area contributed by atoms with Crippen molar-refractivity contribution in [3.8, 4) is 6.07 Å². The molecule has 1 aromatic heterocycles. The molecule has 0 unspecified atom stereocenters. The number of ether oxygens (including phenoxy) is 1. The normalized spacial score (nSPS) is 13.6. The van der Waals surface area contributed by atoms with Crippen LogP contribution in [0.25, 0.3) is 10.9 Å². The van der Waals surface area contributed by atoms with Crippen molar-refractivity contribution in [2.75, 3.05) is 55.3 Å². The lowest BCUT2D eigenvalue weighted by atomic mass is 10.0. The largest absolute Gasteiger partial charge is 0.379 e. The summed E-state index contributed by atoms with van der Waals surface area (Å²) in [5, 5.41) is 19.3. The molecule has 9 nitrogen and oxygen atoms in total. The van der Waals surface area contributed by atoms with Crippen LogP contribution in [0.1, 0.15) is 28.7 Å². The second kappa shape index (κ2) is 13.2. The number of aromatic nitrogens is 2. The van der Waals surface area contributed by atoms with Crippen LogP contribution in [-0.2, 0) is 4.74 Å². The number of morpholine rings is 1. The van der Waals surface area contributed by atoms with E-state index in [4.69, 9.17) is 21.6 Å². The zero-order chi connectivity index (χ0) is 26.7. The van der Waals surface area contributed by atoms with Crippen LogP contribution in [-0.4, -0.2) is 54.3 Å².